The Morgan fingerprint density at radius 1 is 1.07 bits per heavy atom. The minimum absolute atomic E-state index is 0.0355. The minimum Gasteiger partial charge on any atom is -0.481 e. The van der Waals surface area contributed by atoms with E-state index in [0.717, 1.165) is 5.56 Å². The minimum atomic E-state index is -3.66. The summed E-state index contributed by atoms with van der Waals surface area (Å²) in [5.41, 5.74) is 0.254. The fraction of sp³-hybridized carbons (Fsp3) is 0.579. The van der Waals surface area contributed by atoms with Gasteiger partial charge in [0.15, 0.2) is 0 Å². The van der Waals surface area contributed by atoms with Crippen molar-refractivity contribution in [3.05, 3.63) is 29.8 Å². The van der Waals surface area contributed by atoms with Gasteiger partial charge in [-0.3, -0.25) is 4.79 Å². The zero-order valence-electron chi connectivity index (χ0n) is 16.3. The van der Waals surface area contributed by atoms with Crippen LogP contribution in [0.3, 0.4) is 0 Å². The van der Waals surface area contributed by atoms with Crippen LogP contribution in [0, 0.1) is 5.92 Å². The number of ether oxygens (including phenoxy) is 1. The third kappa shape index (κ3) is 4.47. The van der Waals surface area contributed by atoms with E-state index >= 15 is 0 Å². The van der Waals surface area contributed by atoms with Crippen LogP contribution < -0.4 is 0 Å². The van der Waals surface area contributed by atoms with Crippen LogP contribution in [0.2, 0.25) is 0 Å². The third-order valence-electron chi connectivity index (χ3n) is 4.94. The van der Waals surface area contributed by atoms with E-state index in [1.54, 1.807) is 32.9 Å². The molecule has 0 radical (unpaired) electrons. The van der Waals surface area contributed by atoms with Crippen LogP contribution in [-0.2, 0) is 19.6 Å². The maximum absolute atomic E-state index is 12.9. The lowest BCUT2D eigenvalue weighted by Gasteiger charge is -2.35. The summed E-state index contributed by atoms with van der Waals surface area (Å²) >= 11 is 0. The topological polar surface area (TPSA) is 104 Å². The predicted molar refractivity (Wildman–Crippen MR) is 101 cm³/mol. The van der Waals surface area contributed by atoms with Crippen molar-refractivity contribution in [3.8, 4) is 0 Å². The van der Waals surface area contributed by atoms with Gasteiger partial charge in [0.25, 0.3) is 0 Å². The molecule has 2 fully saturated rings. The van der Waals surface area contributed by atoms with Crippen molar-refractivity contribution >= 4 is 22.1 Å². The van der Waals surface area contributed by atoms with Gasteiger partial charge < -0.3 is 14.7 Å². The van der Waals surface area contributed by atoms with Crippen LogP contribution in [-0.4, -0.2) is 66.6 Å². The Morgan fingerprint density at radius 3 is 2.11 bits per heavy atom. The SMILES string of the molecule is CC(C)(C)OC(=O)N1CCN(S(=O)(=O)c2ccc([C@@H]3C[C@H]3C(=O)O)cc2)CC1. The Balaban J connectivity index is 1.61. The number of hydrogen-bond acceptors (Lipinski definition) is 5. The average molecular weight is 410 g/mol. The third-order valence-corrected chi connectivity index (χ3v) is 6.86. The average Bonchev–Trinajstić information content (AvgIpc) is 3.41. The van der Waals surface area contributed by atoms with E-state index in [2.05, 4.69) is 0 Å². The first kappa shape index (κ1) is 20.6. The fourth-order valence-corrected chi connectivity index (χ4v) is 4.73. The van der Waals surface area contributed by atoms with Crippen LogP contribution in [0.15, 0.2) is 29.2 Å². The molecule has 28 heavy (non-hydrogen) atoms. The summed E-state index contributed by atoms with van der Waals surface area (Å²) in [6, 6.07) is 6.44. The second kappa shape index (κ2) is 7.36. The molecule has 1 saturated heterocycles. The van der Waals surface area contributed by atoms with Crippen LogP contribution >= 0.6 is 0 Å². The molecule has 0 aromatic heterocycles. The van der Waals surface area contributed by atoms with Crippen molar-refractivity contribution < 1.29 is 27.9 Å². The highest BCUT2D eigenvalue weighted by atomic mass is 32.2. The van der Waals surface area contributed by atoms with Crippen LogP contribution in [0.1, 0.15) is 38.7 Å². The van der Waals surface area contributed by atoms with Crippen molar-refractivity contribution in [1.82, 2.24) is 9.21 Å². The molecule has 9 heteroatoms. The molecule has 2 atom stereocenters. The first-order chi connectivity index (χ1) is 13.0. The van der Waals surface area contributed by atoms with Crippen molar-refractivity contribution in [1.29, 1.82) is 0 Å². The van der Waals surface area contributed by atoms with E-state index < -0.39 is 27.7 Å². The highest BCUT2D eigenvalue weighted by Gasteiger charge is 2.44. The van der Waals surface area contributed by atoms with Gasteiger partial charge in [-0.05, 0) is 50.8 Å². The largest absolute Gasteiger partial charge is 0.481 e. The molecule has 0 spiro atoms. The number of rotatable bonds is 4. The molecule has 1 heterocycles. The highest BCUT2D eigenvalue weighted by Crippen LogP contribution is 2.47. The molecule has 0 unspecified atom stereocenters. The number of nitrogens with zero attached hydrogens (tertiary/aromatic N) is 2. The van der Waals surface area contributed by atoms with E-state index in [4.69, 9.17) is 9.84 Å². The monoisotopic (exact) mass is 410 g/mol. The predicted octanol–water partition coefficient (Wildman–Crippen LogP) is 2.12. The van der Waals surface area contributed by atoms with Crippen LogP contribution in [0.25, 0.3) is 0 Å². The molecular weight excluding hydrogens is 384 g/mol. The zero-order valence-corrected chi connectivity index (χ0v) is 17.1. The number of hydrogen-bond donors (Lipinski definition) is 1. The van der Waals surface area contributed by atoms with E-state index in [1.165, 1.54) is 21.3 Å². The van der Waals surface area contributed by atoms with Gasteiger partial charge in [0, 0.05) is 26.2 Å². The van der Waals surface area contributed by atoms with Gasteiger partial charge in [0.2, 0.25) is 10.0 Å². The van der Waals surface area contributed by atoms with Gasteiger partial charge >= 0.3 is 12.1 Å². The molecule has 1 aromatic rings. The van der Waals surface area contributed by atoms with Crippen molar-refractivity contribution in [2.45, 2.75) is 43.6 Å². The van der Waals surface area contributed by atoms with Gasteiger partial charge in [0.1, 0.15) is 5.60 Å². The molecule has 1 saturated carbocycles. The number of carbonyl (C=O) groups is 2. The summed E-state index contributed by atoms with van der Waals surface area (Å²) in [5.74, 6) is -1.22. The van der Waals surface area contributed by atoms with Crippen molar-refractivity contribution in [2.75, 3.05) is 26.2 Å². The second-order valence-electron chi connectivity index (χ2n) is 8.23. The van der Waals surface area contributed by atoms with Gasteiger partial charge in [-0.2, -0.15) is 4.31 Å². The molecule has 1 aliphatic carbocycles. The number of carboxylic acid groups (broad SMARTS) is 1. The van der Waals surface area contributed by atoms with Crippen LogP contribution in [0.5, 0.6) is 0 Å². The Bertz CT molecular complexity index is 851. The lowest BCUT2D eigenvalue weighted by atomic mass is 10.1. The Kier molecular flexibility index (Phi) is 5.42. The number of piperazine rings is 1. The van der Waals surface area contributed by atoms with Gasteiger partial charge in [-0.1, -0.05) is 12.1 Å². The summed E-state index contributed by atoms with van der Waals surface area (Å²) in [6.07, 6.45) is 0.153. The van der Waals surface area contributed by atoms with Crippen molar-refractivity contribution in [3.63, 3.8) is 0 Å². The summed E-state index contributed by atoms with van der Waals surface area (Å²) in [6.45, 7) is 6.31. The molecular formula is C19H26N2O6S. The molecule has 1 aliphatic heterocycles. The zero-order chi connectivity index (χ0) is 20.7. The first-order valence-corrected chi connectivity index (χ1v) is 10.7. The number of sulfonamides is 1. The Morgan fingerprint density at radius 2 is 1.64 bits per heavy atom. The summed E-state index contributed by atoms with van der Waals surface area (Å²) in [5, 5.41) is 9.02. The maximum Gasteiger partial charge on any atom is 0.410 e. The van der Waals surface area contributed by atoms with E-state index in [9.17, 15) is 18.0 Å². The van der Waals surface area contributed by atoms with Gasteiger partial charge in [-0.25, -0.2) is 13.2 Å². The molecule has 3 rings (SSSR count). The van der Waals surface area contributed by atoms with Crippen LogP contribution in [0.4, 0.5) is 4.79 Å². The lowest BCUT2D eigenvalue weighted by Crippen LogP contribution is -2.51. The fourth-order valence-electron chi connectivity index (χ4n) is 3.31. The highest BCUT2D eigenvalue weighted by molar-refractivity contribution is 7.89. The first-order valence-electron chi connectivity index (χ1n) is 9.30. The standard InChI is InChI=1S/C19H26N2O6S/c1-19(2,3)27-18(24)20-8-10-21(11-9-20)28(25,26)14-6-4-13(5-7-14)15-12-16(15)17(22)23/h4-7,15-16H,8-12H2,1-3H3,(H,22,23)/t15-,16+/m0/s1. The molecule has 1 amide bonds. The normalized spacial score (nSPS) is 23.3. The molecule has 1 aromatic carbocycles. The number of benzene rings is 1. The molecule has 2 aliphatic rings. The Hall–Kier alpha value is -2.13. The number of aliphatic carboxylic acids is 1. The van der Waals surface area contributed by atoms with Crippen molar-refractivity contribution in [2.24, 2.45) is 5.92 Å². The quantitative estimate of drug-likeness (QED) is 0.815. The van der Waals surface area contributed by atoms with E-state index in [1.807, 2.05) is 0 Å². The van der Waals surface area contributed by atoms with Gasteiger partial charge in [0.05, 0.1) is 10.8 Å². The molecule has 1 N–H and O–H groups in total. The molecule has 0 bridgehead atoms. The summed E-state index contributed by atoms with van der Waals surface area (Å²) < 4.78 is 32.4. The maximum atomic E-state index is 12.9. The van der Waals surface area contributed by atoms with E-state index in [-0.39, 0.29) is 42.9 Å². The number of amides is 1. The van der Waals surface area contributed by atoms with Gasteiger partial charge in [-0.15, -0.1) is 0 Å². The molecule has 154 valence electrons. The number of carbonyl (C=O) groups excluding carboxylic acids is 1. The summed E-state index contributed by atoms with van der Waals surface area (Å²) in [7, 11) is -3.66. The second-order valence-corrected chi connectivity index (χ2v) is 10.2. The lowest BCUT2D eigenvalue weighted by molar-refractivity contribution is -0.138. The summed E-state index contributed by atoms with van der Waals surface area (Å²) in [4.78, 5) is 24.8. The number of carboxylic acids is 1. The Labute approximate surface area is 165 Å². The molecule has 8 nitrogen and oxygen atoms in total. The van der Waals surface area contributed by atoms with E-state index in [0.29, 0.717) is 6.42 Å². The smallest absolute Gasteiger partial charge is 0.410 e.